The number of amides is 1. The molecule has 0 radical (unpaired) electrons. The van der Waals surface area contributed by atoms with E-state index in [1.54, 1.807) is 45.5 Å². The maximum Gasteiger partial charge on any atom is 0.408 e. The first-order valence-electron chi connectivity index (χ1n) is 6.29. The summed E-state index contributed by atoms with van der Waals surface area (Å²) >= 11 is 0. The van der Waals surface area contributed by atoms with Crippen molar-refractivity contribution in [2.45, 2.75) is 45.8 Å². The first kappa shape index (κ1) is 16.0. The van der Waals surface area contributed by atoms with Crippen molar-refractivity contribution in [3.8, 4) is 0 Å². The van der Waals surface area contributed by atoms with Gasteiger partial charge in [-0.15, -0.1) is 0 Å². The van der Waals surface area contributed by atoms with Crippen molar-refractivity contribution < 1.29 is 19.4 Å². The summed E-state index contributed by atoms with van der Waals surface area (Å²) in [6.07, 6.45) is 0.668. The molecule has 1 atom stereocenters. The molecular formula is C13H21N3O4. The van der Waals surface area contributed by atoms with E-state index in [-0.39, 0.29) is 6.42 Å². The van der Waals surface area contributed by atoms with Crippen molar-refractivity contribution in [1.82, 2.24) is 14.9 Å². The van der Waals surface area contributed by atoms with Crippen molar-refractivity contribution in [2.75, 3.05) is 0 Å². The zero-order valence-electron chi connectivity index (χ0n) is 12.4. The lowest BCUT2D eigenvalue weighted by atomic mass is 10.1. The number of hydrogen-bond donors (Lipinski definition) is 2. The van der Waals surface area contributed by atoms with Gasteiger partial charge in [-0.3, -0.25) is 4.79 Å². The fourth-order valence-electron chi connectivity index (χ4n) is 1.70. The Labute approximate surface area is 118 Å². The molecule has 1 amide bonds. The molecule has 0 aromatic carbocycles. The van der Waals surface area contributed by atoms with Crippen LogP contribution >= 0.6 is 0 Å². The summed E-state index contributed by atoms with van der Waals surface area (Å²) < 4.78 is 6.89. The third-order valence-corrected chi connectivity index (χ3v) is 2.68. The molecule has 0 aliphatic heterocycles. The van der Waals surface area contributed by atoms with Gasteiger partial charge in [0.1, 0.15) is 11.4 Å². The Hall–Kier alpha value is -2.05. The number of hydrogen-bond acceptors (Lipinski definition) is 4. The van der Waals surface area contributed by atoms with Crippen LogP contribution in [0.3, 0.4) is 0 Å². The minimum Gasteiger partial charge on any atom is -0.481 e. The van der Waals surface area contributed by atoms with Gasteiger partial charge in [-0.2, -0.15) is 0 Å². The molecule has 1 rings (SSSR count). The first-order chi connectivity index (χ1) is 9.10. The summed E-state index contributed by atoms with van der Waals surface area (Å²) in [6, 6.07) is -0.687. The number of rotatable bonds is 4. The molecule has 1 aromatic rings. The first-order valence-corrected chi connectivity index (χ1v) is 6.29. The van der Waals surface area contributed by atoms with E-state index in [4.69, 9.17) is 9.84 Å². The summed E-state index contributed by atoms with van der Waals surface area (Å²) in [5, 5.41) is 11.5. The Morgan fingerprint density at radius 3 is 2.50 bits per heavy atom. The fraction of sp³-hybridized carbons (Fsp3) is 0.615. The third-order valence-electron chi connectivity index (χ3n) is 2.68. The van der Waals surface area contributed by atoms with Gasteiger partial charge in [0.2, 0.25) is 0 Å². The van der Waals surface area contributed by atoms with E-state index in [9.17, 15) is 9.59 Å². The molecule has 1 heterocycles. The number of carboxylic acids is 1. The number of carbonyl (C=O) groups is 2. The Kier molecular flexibility index (Phi) is 4.75. The molecule has 0 spiro atoms. The minimum atomic E-state index is -1.01. The van der Waals surface area contributed by atoms with Crippen LogP contribution in [0.5, 0.6) is 0 Å². The summed E-state index contributed by atoms with van der Waals surface area (Å²) in [5.41, 5.74) is -0.0176. The summed E-state index contributed by atoms with van der Waals surface area (Å²) in [7, 11) is 1.77. The lowest BCUT2D eigenvalue weighted by molar-refractivity contribution is -0.137. The quantitative estimate of drug-likeness (QED) is 0.878. The SMILES string of the molecule is Cc1ncc(C(CC(=O)O)NC(=O)OC(C)(C)C)n1C. The van der Waals surface area contributed by atoms with E-state index in [1.807, 2.05) is 0 Å². The number of nitrogens with zero attached hydrogens (tertiary/aromatic N) is 2. The molecule has 0 aliphatic carbocycles. The number of carboxylic acid groups (broad SMARTS) is 1. The molecule has 20 heavy (non-hydrogen) atoms. The molecule has 0 fully saturated rings. The van der Waals surface area contributed by atoms with Crippen LogP contribution in [0.1, 0.15) is 44.8 Å². The summed E-state index contributed by atoms with van der Waals surface area (Å²) in [6.45, 7) is 7.03. The average Bonchev–Trinajstić information content (AvgIpc) is 2.55. The lowest BCUT2D eigenvalue weighted by Gasteiger charge is -2.23. The smallest absolute Gasteiger partial charge is 0.408 e. The number of aromatic nitrogens is 2. The van der Waals surface area contributed by atoms with E-state index in [1.165, 1.54) is 0 Å². The normalized spacial score (nSPS) is 12.8. The van der Waals surface area contributed by atoms with E-state index < -0.39 is 23.7 Å². The monoisotopic (exact) mass is 283 g/mol. The fourth-order valence-corrected chi connectivity index (χ4v) is 1.70. The van der Waals surface area contributed by atoms with Crippen LogP contribution < -0.4 is 5.32 Å². The molecule has 2 N–H and O–H groups in total. The van der Waals surface area contributed by atoms with Crippen LogP contribution in [-0.4, -0.2) is 32.3 Å². The lowest BCUT2D eigenvalue weighted by Crippen LogP contribution is -2.36. The molecule has 0 saturated carbocycles. The predicted octanol–water partition coefficient (Wildman–Crippen LogP) is 1.77. The number of nitrogens with one attached hydrogen (secondary N) is 1. The van der Waals surface area contributed by atoms with Crippen LogP contribution in [0.25, 0.3) is 0 Å². The van der Waals surface area contributed by atoms with Crippen LogP contribution in [0.2, 0.25) is 0 Å². The van der Waals surface area contributed by atoms with Crippen LogP contribution in [0.4, 0.5) is 4.79 Å². The molecule has 1 unspecified atom stereocenters. The van der Waals surface area contributed by atoms with E-state index in [2.05, 4.69) is 10.3 Å². The number of imidazole rings is 1. The zero-order valence-corrected chi connectivity index (χ0v) is 12.4. The standard InChI is InChI=1S/C13H21N3O4/c1-8-14-7-10(16(8)5)9(6-11(17)18)15-12(19)20-13(2,3)4/h7,9H,6H2,1-5H3,(H,15,19)(H,17,18). The Morgan fingerprint density at radius 2 is 2.10 bits per heavy atom. The van der Waals surface area contributed by atoms with Crippen molar-refractivity contribution in [3.05, 3.63) is 17.7 Å². The highest BCUT2D eigenvalue weighted by molar-refractivity contribution is 5.72. The van der Waals surface area contributed by atoms with Crippen molar-refractivity contribution in [2.24, 2.45) is 7.05 Å². The molecule has 7 heteroatoms. The van der Waals surface area contributed by atoms with Crippen molar-refractivity contribution in [1.29, 1.82) is 0 Å². The van der Waals surface area contributed by atoms with Gasteiger partial charge in [0.05, 0.1) is 24.4 Å². The topological polar surface area (TPSA) is 93.4 Å². The zero-order chi connectivity index (χ0) is 15.5. The predicted molar refractivity (Wildman–Crippen MR) is 72.3 cm³/mol. The maximum atomic E-state index is 11.8. The second-order valence-corrected chi connectivity index (χ2v) is 5.59. The highest BCUT2D eigenvalue weighted by Crippen LogP contribution is 2.18. The van der Waals surface area contributed by atoms with E-state index in [0.717, 1.165) is 5.82 Å². The molecule has 0 saturated heterocycles. The highest BCUT2D eigenvalue weighted by Gasteiger charge is 2.24. The third kappa shape index (κ3) is 4.56. The molecule has 112 valence electrons. The van der Waals surface area contributed by atoms with Gasteiger partial charge in [0, 0.05) is 7.05 Å². The summed E-state index contributed by atoms with van der Waals surface area (Å²) in [4.78, 5) is 26.8. The summed E-state index contributed by atoms with van der Waals surface area (Å²) in [5.74, 6) is -0.272. The number of aryl methyl sites for hydroxylation is 1. The van der Waals surface area contributed by atoms with Crippen LogP contribution in [0, 0.1) is 6.92 Å². The number of carbonyl (C=O) groups excluding carboxylic acids is 1. The number of aliphatic carboxylic acids is 1. The second-order valence-electron chi connectivity index (χ2n) is 5.59. The van der Waals surface area contributed by atoms with Gasteiger partial charge in [-0.05, 0) is 27.7 Å². The minimum absolute atomic E-state index is 0.238. The van der Waals surface area contributed by atoms with Gasteiger partial charge in [0.25, 0.3) is 0 Å². The second kappa shape index (κ2) is 5.94. The van der Waals surface area contributed by atoms with Crippen LogP contribution in [0.15, 0.2) is 6.20 Å². The largest absolute Gasteiger partial charge is 0.481 e. The Balaban J connectivity index is 2.88. The highest BCUT2D eigenvalue weighted by atomic mass is 16.6. The van der Waals surface area contributed by atoms with Gasteiger partial charge in [0.15, 0.2) is 0 Å². The van der Waals surface area contributed by atoms with E-state index >= 15 is 0 Å². The van der Waals surface area contributed by atoms with Gasteiger partial charge in [-0.1, -0.05) is 0 Å². The Morgan fingerprint density at radius 1 is 1.50 bits per heavy atom. The maximum absolute atomic E-state index is 11.8. The molecule has 0 aliphatic rings. The van der Waals surface area contributed by atoms with Crippen LogP contribution in [-0.2, 0) is 16.6 Å². The van der Waals surface area contributed by atoms with Gasteiger partial charge in [-0.25, -0.2) is 9.78 Å². The van der Waals surface area contributed by atoms with E-state index in [0.29, 0.717) is 5.69 Å². The van der Waals surface area contributed by atoms with Gasteiger partial charge < -0.3 is 19.7 Å². The van der Waals surface area contributed by atoms with Crippen molar-refractivity contribution in [3.63, 3.8) is 0 Å². The molecule has 7 nitrogen and oxygen atoms in total. The Bertz CT molecular complexity index is 502. The average molecular weight is 283 g/mol. The number of alkyl carbamates (subject to hydrolysis) is 1. The molecular weight excluding hydrogens is 262 g/mol. The number of ether oxygens (including phenoxy) is 1. The molecule has 0 bridgehead atoms. The van der Waals surface area contributed by atoms with Crippen molar-refractivity contribution >= 4 is 12.1 Å². The van der Waals surface area contributed by atoms with Gasteiger partial charge >= 0.3 is 12.1 Å². The molecule has 1 aromatic heterocycles.